The first kappa shape index (κ1) is 22.1. The molecule has 0 bridgehead atoms. The van der Waals surface area contributed by atoms with Gasteiger partial charge in [0.2, 0.25) is 5.91 Å². The van der Waals surface area contributed by atoms with Crippen LogP contribution in [0.25, 0.3) is 10.9 Å². The van der Waals surface area contributed by atoms with Crippen LogP contribution in [0.2, 0.25) is 10.0 Å². The zero-order chi connectivity index (χ0) is 23.4. The molecule has 1 N–H and O–H groups in total. The van der Waals surface area contributed by atoms with Gasteiger partial charge in [-0.2, -0.15) is 0 Å². The first-order valence-corrected chi connectivity index (χ1v) is 11.9. The molecule has 0 unspecified atom stereocenters. The molecule has 2 aliphatic rings. The van der Waals surface area contributed by atoms with Crippen molar-refractivity contribution in [3.8, 4) is 0 Å². The molecule has 5 rings (SSSR count). The molecule has 170 valence electrons. The summed E-state index contributed by atoms with van der Waals surface area (Å²) in [5.74, 6) is -0.405. The molecule has 0 radical (unpaired) electrons. The summed E-state index contributed by atoms with van der Waals surface area (Å²) in [6.07, 6.45) is 3.19. The Morgan fingerprint density at radius 2 is 1.97 bits per heavy atom. The van der Waals surface area contributed by atoms with Gasteiger partial charge in [0.25, 0.3) is 5.91 Å². The molecule has 2 amide bonds. The second-order valence-corrected chi connectivity index (χ2v) is 10.0. The van der Waals surface area contributed by atoms with Gasteiger partial charge in [-0.15, -0.1) is 0 Å². The molecule has 33 heavy (non-hydrogen) atoms. The van der Waals surface area contributed by atoms with E-state index >= 15 is 0 Å². The number of aryl methyl sites for hydroxylation is 1. The van der Waals surface area contributed by atoms with Crippen molar-refractivity contribution in [2.75, 3.05) is 11.9 Å². The topological polar surface area (TPSA) is 54.3 Å². The Labute approximate surface area is 203 Å². The predicted molar refractivity (Wildman–Crippen MR) is 133 cm³/mol. The normalized spacial score (nSPS) is 17.6. The molecule has 0 saturated carbocycles. The molecule has 3 aromatic rings. The summed E-state index contributed by atoms with van der Waals surface area (Å²) in [7, 11) is 0. The molecule has 2 aliphatic heterocycles. The summed E-state index contributed by atoms with van der Waals surface area (Å²) >= 11 is 12.9. The standard InChI is InChI=1S/C26H25Cl2N3O2/c1-14(2)9-10-30-12-18-23(17-8-7-16(27)11-19(17)28)25-21(13-31(15(3)32)26(25)33)29-20-5-4-6-22(30)24(18)20/h4-8,11-12,14,23,29H,9-10,13H2,1-3H3/t23-/m0/s1. The largest absolute Gasteiger partial charge is 0.356 e. The lowest BCUT2D eigenvalue weighted by Crippen LogP contribution is -2.33. The highest BCUT2D eigenvalue weighted by Gasteiger charge is 2.42. The lowest BCUT2D eigenvalue weighted by atomic mass is 9.84. The van der Waals surface area contributed by atoms with Gasteiger partial charge in [-0.1, -0.05) is 49.2 Å². The summed E-state index contributed by atoms with van der Waals surface area (Å²) in [6, 6.07) is 11.5. The first-order chi connectivity index (χ1) is 15.8. The minimum atomic E-state index is -0.416. The van der Waals surface area contributed by atoms with Crippen molar-refractivity contribution < 1.29 is 9.59 Å². The second kappa shape index (κ2) is 8.23. The molecule has 0 fully saturated rings. The van der Waals surface area contributed by atoms with Gasteiger partial charge in [-0.05, 0) is 47.7 Å². The van der Waals surface area contributed by atoms with Gasteiger partial charge in [0.15, 0.2) is 0 Å². The molecule has 5 nitrogen and oxygen atoms in total. The van der Waals surface area contributed by atoms with Gasteiger partial charge < -0.3 is 9.88 Å². The maximum atomic E-state index is 13.5. The number of anilines is 1. The lowest BCUT2D eigenvalue weighted by Gasteiger charge is -2.20. The smallest absolute Gasteiger partial charge is 0.259 e. The number of hydrogen-bond acceptors (Lipinski definition) is 3. The minimum Gasteiger partial charge on any atom is -0.356 e. The van der Waals surface area contributed by atoms with E-state index in [2.05, 4.69) is 36.0 Å². The average Bonchev–Trinajstić information content (AvgIpc) is 3.23. The number of nitrogens with zero attached hydrogens (tertiary/aromatic N) is 2. The fourth-order valence-electron chi connectivity index (χ4n) is 4.92. The van der Waals surface area contributed by atoms with Crippen LogP contribution < -0.4 is 5.32 Å². The Hall–Kier alpha value is -2.76. The maximum absolute atomic E-state index is 13.5. The maximum Gasteiger partial charge on any atom is 0.259 e. The third-order valence-electron chi connectivity index (χ3n) is 6.54. The number of benzene rings is 2. The summed E-state index contributed by atoms with van der Waals surface area (Å²) < 4.78 is 2.26. The van der Waals surface area contributed by atoms with Crippen molar-refractivity contribution in [3.05, 3.63) is 75.0 Å². The summed E-state index contributed by atoms with van der Waals surface area (Å²) in [4.78, 5) is 27.0. The quantitative estimate of drug-likeness (QED) is 0.482. The number of nitrogens with one attached hydrogen (secondary N) is 1. The second-order valence-electron chi connectivity index (χ2n) is 9.19. The van der Waals surface area contributed by atoms with Crippen LogP contribution in [0.1, 0.15) is 44.2 Å². The zero-order valence-electron chi connectivity index (χ0n) is 18.8. The van der Waals surface area contributed by atoms with Crippen LogP contribution in [0.4, 0.5) is 5.69 Å². The molecular weight excluding hydrogens is 457 g/mol. The van der Waals surface area contributed by atoms with E-state index in [-0.39, 0.29) is 18.4 Å². The summed E-state index contributed by atoms with van der Waals surface area (Å²) in [6.45, 7) is 6.94. The minimum absolute atomic E-state index is 0.221. The fraction of sp³-hybridized carbons (Fsp3) is 0.308. The third kappa shape index (κ3) is 3.64. The Kier molecular flexibility index (Phi) is 5.50. The number of imide groups is 1. The highest BCUT2D eigenvalue weighted by molar-refractivity contribution is 6.35. The van der Waals surface area contributed by atoms with E-state index in [1.807, 2.05) is 18.2 Å². The summed E-state index contributed by atoms with van der Waals surface area (Å²) in [5.41, 5.74) is 5.16. The lowest BCUT2D eigenvalue weighted by molar-refractivity contribution is -0.139. The highest BCUT2D eigenvalue weighted by Crippen LogP contribution is 2.48. The molecule has 7 heteroatoms. The average molecular weight is 482 g/mol. The Balaban J connectivity index is 1.78. The van der Waals surface area contributed by atoms with Crippen molar-refractivity contribution in [1.29, 1.82) is 0 Å². The molecule has 0 saturated heterocycles. The van der Waals surface area contributed by atoms with E-state index in [1.165, 1.54) is 11.8 Å². The third-order valence-corrected chi connectivity index (χ3v) is 7.10. The molecular formula is C26H25Cl2N3O2. The van der Waals surface area contributed by atoms with Crippen LogP contribution in [0.3, 0.4) is 0 Å². The number of aromatic nitrogens is 1. The van der Waals surface area contributed by atoms with Crippen molar-refractivity contribution in [3.63, 3.8) is 0 Å². The van der Waals surface area contributed by atoms with Gasteiger partial charge >= 0.3 is 0 Å². The zero-order valence-corrected chi connectivity index (χ0v) is 20.3. The van der Waals surface area contributed by atoms with E-state index < -0.39 is 5.92 Å². The molecule has 1 atom stereocenters. The number of carbonyl (C=O) groups excluding carboxylic acids is 2. The molecule has 0 spiro atoms. The summed E-state index contributed by atoms with van der Waals surface area (Å²) in [5, 5.41) is 5.60. The SMILES string of the molecule is CC(=O)N1CC2=C(C1=O)[C@@H](c1ccc(Cl)cc1Cl)c1cn(CCC(C)C)c3cccc(c13)N2. The van der Waals surface area contributed by atoms with Gasteiger partial charge in [0.1, 0.15) is 0 Å². The van der Waals surface area contributed by atoms with Crippen LogP contribution >= 0.6 is 23.2 Å². The number of amides is 2. The van der Waals surface area contributed by atoms with E-state index in [0.29, 0.717) is 21.5 Å². The van der Waals surface area contributed by atoms with Crippen molar-refractivity contribution >= 4 is 51.6 Å². The van der Waals surface area contributed by atoms with Crippen LogP contribution in [-0.2, 0) is 16.1 Å². The van der Waals surface area contributed by atoms with Crippen LogP contribution in [0.5, 0.6) is 0 Å². The van der Waals surface area contributed by atoms with E-state index in [0.717, 1.165) is 46.4 Å². The van der Waals surface area contributed by atoms with E-state index in [1.54, 1.807) is 12.1 Å². The highest BCUT2D eigenvalue weighted by atomic mass is 35.5. The van der Waals surface area contributed by atoms with Crippen LogP contribution in [-0.4, -0.2) is 27.8 Å². The number of hydrogen-bond donors (Lipinski definition) is 1. The number of halogens is 2. The molecule has 0 aliphatic carbocycles. The molecule has 2 aromatic carbocycles. The molecule has 1 aromatic heterocycles. The predicted octanol–water partition coefficient (Wildman–Crippen LogP) is 6.19. The van der Waals surface area contributed by atoms with Gasteiger partial charge in [-0.3, -0.25) is 14.5 Å². The monoisotopic (exact) mass is 481 g/mol. The van der Waals surface area contributed by atoms with E-state index in [9.17, 15) is 9.59 Å². The van der Waals surface area contributed by atoms with E-state index in [4.69, 9.17) is 23.2 Å². The Morgan fingerprint density at radius 3 is 2.67 bits per heavy atom. The van der Waals surface area contributed by atoms with Crippen LogP contribution in [0.15, 0.2) is 53.9 Å². The van der Waals surface area contributed by atoms with Gasteiger partial charge in [0, 0.05) is 52.4 Å². The first-order valence-electron chi connectivity index (χ1n) is 11.2. The van der Waals surface area contributed by atoms with Crippen LogP contribution in [0, 0.1) is 5.92 Å². The van der Waals surface area contributed by atoms with Crippen molar-refractivity contribution in [2.24, 2.45) is 5.92 Å². The van der Waals surface area contributed by atoms with Crippen molar-refractivity contribution in [1.82, 2.24) is 9.47 Å². The number of carbonyl (C=O) groups is 2. The number of rotatable bonds is 4. The Bertz CT molecular complexity index is 1340. The van der Waals surface area contributed by atoms with Gasteiger partial charge in [0.05, 0.1) is 17.6 Å². The van der Waals surface area contributed by atoms with Crippen molar-refractivity contribution in [2.45, 2.75) is 39.7 Å². The van der Waals surface area contributed by atoms with Gasteiger partial charge in [-0.25, -0.2) is 0 Å². The fourth-order valence-corrected chi connectivity index (χ4v) is 5.43. The molecule has 3 heterocycles. The Morgan fingerprint density at radius 1 is 1.18 bits per heavy atom.